The zero-order valence-corrected chi connectivity index (χ0v) is 11.9. The third-order valence-electron chi connectivity index (χ3n) is 4.25. The summed E-state index contributed by atoms with van der Waals surface area (Å²) in [4.78, 5) is 14.3. The van der Waals surface area contributed by atoms with Crippen LogP contribution in [0, 0.1) is 0 Å². The normalized spacial score (nSPS) is 25.6. The van der Waals surface area contributed by atoms with Gasteiger partial charge in [0.25, 0.3) is 0 Å². The van der Waals surface area contributed by atoms with Gasteiger partial charge in [0.05, 0.1) is 13.2 Å². The lowest BCUT2D eigenvalue weighted by atomic mass is 10.1. The Morgan fingerprint density at radius 2 is 2.40 bits per heavy atom. The molecule has 2 N–H and O–H groups in total. The Bertz CT molecular complexity index is 506. The highest BCUT2D eigenvalue weighted by Gasteiger charge is 2.40. The number of nitrogens with one attached hydrogen (secondary N) is 2. The molecule has 0 radical (unpaired) electrons. The average molecular weight is 275 g/mol. The number of nitrogens with zero attached hydrogens (tertiary/aromatic N) is 1. The number of carbonyl (C=O) groups is 1. The first-order chi connectivity index (χ1) is 9.67. The van der Waals surface area contributed by atoms with Crippen LogP contribution in [0.25, 0.3) is 0 Å². The summed E-state index contributed by atoms with van der Waals surface area (Å²) >= 11 is 0. The summed E-state index contributed by atoms with van der Waals surface area (Å²) in [6.45, 7) is 3.74. The van der Waals surface area contributed by atoms with Crippen LogP contribution in [0.1, 0.15) is 24.9 Å². The van der Waals surface area contributed by atoms with E-state index < -0.39 is 0 Å². The number of benzene rings is 1. The molecule has 108 valence electrons. The molecule has 5 heteroatoms. The highest BCUT2D eigenvalue weighted by Crippen LogP contribution is 2.24. The Labute approximate surface area is 119 Å². The molecule has 3 rings (SSSR count). The highest BCUT2D eigenvalue weighted by atomic mass is 16.5. The van der Waals surface area contributed by atoms with Crippen LogP contribution in [0.3, 0.4) is 0 Å². The van der Waals surface area contributed by atoms with Crippen molar-refractivity contribution in [1.29, 1.82) is 0 Å². The van der Waals surface area contributed by atoms with Gasteiger partial charge >= 0.3 is 6.03 Å². The monoisotopic (exact) mass is 275 g/mol. The predicted octanol–water partition coefficient (Wildman–Crippen LogP) is 1.51. The SMILES string of the molecule is COc1cccc([C@@H](C)NC(=O)N2C[C@@H]3C[C@H]2CN3)c1. The number of likely N-dealkylation sites (tertiary alicyclic amines) is 1. The van der Waals surface area contributed by atoms with Crippen LogP contribution in [-0.4, -0.2) is 43.2 Å². The Morgan fingerprint density at radius 3 is 3.05 bits per heavy atom. The summed E-state index contributed by atoms with van der Waals surface area (Å²) in [6.07, 6.45) is 1.08. The van der Waals surface area contributed by atoms with E-state index in [2.05, 4.69) is 10.6 Å². The summed E-state index contributed by atoms with van der Waals surface area (Å²) in [5.41, 5.74) is 1.06. The van der Waals surface area contributed by atoms with E-state index in [1.54, 1.807) is 7.11 Å². The fourth-order valence-electron chi connectivity index (χ4n) is 3.07. The van der Waals surface area contributed by atoms with Gasteiger partial charge in [-0.15, -0.1) is 0 Å². The fourth-order valence-corrected chi connectivity index (χ4v) is 3.07. The van der Waals surface area contributed by atoms with Crippen LogP contribution in [0.2, 0.25) is 0 Å². The first kappa shape index (κ1) is 13.2. The molecule has 2 fully saturated rings. The molecule has 20 heavy (non-hydrogen) atoms. The summed E-state index contributed by atoms with van der Waals surface area (Å²) < 4.78 is 5.22. The van der Waals surface area contributed by atoms with Gasteiger partial charge in [-0.1, -0.05) is 12.1 Å². The van der Waals surface area contributed by atoms with Gasteiger partial charge in [-0.25, -0.2) is 4.79 Å². The molecule has 5 nitrogen and oxygen atoms in total. The van der Waals surface area contributed by atoms with Gasteiger partial charge in [-0.05, 0) is 31.0 Å². The molecule has 0 spiro atoms. The second-order valence-corrected chi connectivity index (χ2v) is 5.59. The van der Waals surface area contributed by atoms with Crippen LogP contribution in [-0.2, 0) is 0 Å². The molecule has 2 bridgehead atoms. The number of fused-ring (bicyclic) bond motifs is 2. The lowest BCUT2D eigenvalue weighted by Gasteiger charge is -2.29. The number of piperazine rings is 1. The molecule has 3 atom stereocenters. The number of urea groups is 1. The lowest BCUT2D eigenvalue weighted by molar-refractivity contribution is 0.182. The van der Waals surface area contributed by atoms with Gasteiger partial charge in [-0.2, -0.15) is 0 Å². The van der Waals surface area contributed by atoms with E-state index in [4.69, 9.17) is 4.74 Å². The average Bonchev–Trinajstić information content (AvgIpc) is 3.10. The Kier molecular flexibility index (Phi) is 3.53. The van der Waals surface area contributed by atoms with Crippen LogP contribution < -0.4 is 15.4 Å². The Balaban J connectivity index is 1.63. The standard InChI is InChI=1S/C15H21N3O2/c1-10(11-4-3-5-14(6-11)20-2)17-15(19)18-9-12-7-13(18)8-16-12/h3-6,10,12-13,16H,7-9H2,1-2H3,(H,17,19)/t10-,12+,13+/m1/s1. The van der Waals surface area contributed by atoms with Crippen LogP contribution in [0.4, 0.5) is 4.79 Å². The predicted molar refractivity (Wildman–Crippen MR) is 76.8 cm³/mol. The van der Waals surface area contributed by atoms with Crippen molar-refractivity contribution in [1.82, 2.24) is 15.5 Å². The summed E-state index contributed by atoms with van der Waals surface area (Å²) in [6, 6.07) is 8.67. The van der Waals surface area contributed by atoms with Crippen molar-refractivity contribution in [3.05, 3.63) is 29.8 Å². The van der Waals surface area contributed by atoms with Gasteiger partial charge in [0.15, 0.2) is 0 Å². The number of amides is 2. The van der Waals surface area contributed by atoms with Gasteiger partial charge in [-0.3, -0.25) is 0 Å². The maximum absolute atomic E-state index is 12.3. The summed E-state index contributed by atoms with van der Waals surface area (Å²) in [5.74, 6) is 0.813. The topological polar surface area (TPSA) is 53.6 Å². The van der Waals surface area contributed by atoms with E-state index in [9.17, 15) is 4.79 Å². The molecule has 1 aromatic carbocycles. The molecule has 0 unspecified atom stereocenters. The van der Waals surface area contributed by atoms with Gasteiger partial charge in [0, 0.05) is 25.2 Å². The first-order valence-electron chi connectivity index (χ1n) is 7.12. The maximum Gasteiger partial charge on any atom is 0.318 e. The molecular formula is C15H21N3O2. The first-order valence-corrected chi connectivity index (χ1v) is 7.12. The summed E-state index contributed by atoms with van der Waals surface area (Å²) in [5, 5.41) is 6.48. The van der Waals surface area contributed by atoms with E-state index in [-0.39, 0.29) is 12.1 Å². The largest absolute Gasteiger partial charge is 0.497 e. The fraction of sp³-hybridized carbons (Fsp3) is 0.533. The van der Waals surface area contributed by atoms with E-state index in [0.717, 1.165) is 30.8 Å². The maximum atomic E-state index is 12.3. The van der Waals surface area contributed by atoms with Crippen LogP contribution in [0.5, 0.6) is 5.75 Å². The number of carbonyl (C=O) groups excluding carboxylic acids is 1. The molecule has 1 aromatic rings. The second-order valence-electron chi connectivity index (χ2n) is 5.59. The van der Waals surface area contributed by atoms with Crippen molar-refractivity contribution in [2.24, 2.45) is 0 Å². The number of ether oxygens (including phenoxy) is 1. The molecule has 0 aromatic heterocycles. The van der Waals surface area contributed by atoms with E-state index >= 15 is 0 Å². The smallest absolute Gasteiger partial charge is 0.318 e. The number of hydrogen-bond donors (Lipinski definition) is 2. The molecule has 2 aliphatic heterocycles. The van der Waals surface area contributed by atoms with E-state index in [0.29, 0.717) is 12.1 Å². The molecule has 2 amide bonds. The molecular weight excluding hydrogens is 254 g/mol. The number of methoxy groups -OCH3 is 1. The van der Waals surface area contributed by atoms with Crippen molar-refractivity contribution in [2.75, 3.05) is 20.2 Å². The van der Waals surface area contributed by atoms with Crippen molar-refractivity contribution in [2.45, 2.75) is 31.5 Å². The quantitative estimate of drug-likeness (QED) is 0.879. The van der Waals surface area contributed by atoms with E-state index in [1.165, 1.54) is 0 Å². The molecule has 0 saturated carbocycles. The minimum absolute atomic E-state index is 0.0234. The Morgan fingerprint density at radius 1 is 1.55 bits per heavy atom. The summed E-state index contributed by atoms with van der Waals surface area (Å²) in [7, 11) is 1.65. The molecule has 2 heterocycles. The van der Waals surface area contributed by atoms with Crippen molar-refractivity contribution >= 4 is 6.03 Å². The van der Waals surface area contributed by atoms with Crippen molar-refractivity contribution < 1.29 is 9.53 Å². The zero-order chi connectivity index (χ0) is 14.1. The van der Waals surface area contributed by atoms with Crippen molar-refractivity contribution in [3.63, 3.8) is 0 Å². The molecule has 2 aliphatic rings. The molecule has 2 saturated heterocycles. The van der Waals surface area contributed by atoms with E-state index in [1.807, 2.05) is 36.1 Å². The number of hydrogen-bond acceptors (Lipinski definition) is 3. The minimum atomic E-state index is -0.0234. The van der Waals surface area contributed by atoms with Crippen molar-refractivity contribution in [3.8, 4) is 5.75 Å². The van der Waals surface area contributed by atoms with Crippen LogP contribution in [0.15, 0.2) is 24.3 Å². The van der Waals surface area contributed by atoms with Gasteiger partial charge < -0.3 is 20.3 Å². The molecule has 0 aliphatic carbocycles. The minimum Gasteiger partial charge on any atom is -0.497 e. The third kappa shape index (κ3) is 2.45. The van der Waals surface area contributed by atoms with Gasteiger partial charge in [0.1, 0.15) is 5.75 Å². The third-order valence-corrected chi connectivity index (χ3v) is 4.25. The number of rotatable bonds is 3. The van der Waals surface area contributed by atoms with Gasteiger partial charge in [0.2, 0.25) is 0 Å². The zero-order valence-electron chi connectivity index (χ0n) is 11.9. The Hall–Kier alpha value is -1.75. The second kappa shape index (κ2) is 5.32. The lowest BCUT2D eigenvalue weighted by Crippen LogP contribution is -2.50. The highest BCUT2D eigenvalue weighted by molar-refractivity contribution is 5.75. The van der Waals surface area contributed by atoms with Crippen LogP contribution >= 0.6 is 0 Å².